The van der Waals surface area contributed by atoms with Crippen LogP contribution < -0.4 is 16.4 Å². The van der Waals surface area contributed by atoms with Gasteiger partial charge in [0.25, 0.3) is 0 Å². The lowest BCUT2D eigenvalue weighted by Crippen LogP contribution is -2.42. The van der Waals surface area contributed by atoms with Gasteiger partial charge in [0, 0.05) is 23.4 Å². The number of benzene rings is 1. The number of amides is 1. The van der Waals surface area contributed by atoms with E-state index in [-0.39, 0.29) is 17.4 Å². The molecule has 22 heavy (non-hydrogen) atoms. The number of aryl methyl sites for hydroxylation is 1. The van der Waals surface area contributed by atoms with E-state index in [0.717, 1.165) is 22.4 Å². The largest absolute Gasteiger partial charge is 0.425 e. The molecule has 1 amide bonds. The van der Waals surface area contributed by atoms with Crippen LogP contribution in [0.15, 0.2) is 41.1 Å². The number of nitrogens with one attached hydrogen (secondary N) is 2. The van der Waals surface area contributed by atoms with Crippen LogP contribution >= 0.6 is 0 Å². The number of nitriles is 1. The van der Waals surface area contributed by atoms with E-state index in [0.29, 0.717) is 18.8 Å². The number of ether oxygens (including phenoxy) is 1. The normalized spacial score (nSPS) is 25.4. The summed E-state index contributed by atoms with van der Waals surface area (Å²) >= 11 is 0. The van der Waals surface area contributed by atoms with Crippen molar-refractivity contribution in [3.63, 3.8) is 0 Å². The van der Waals surface area contributed by atoms with Crippen molar-refractivity contribution in [1.29, 1.82) is 5.26 Å². The zero-order valence-electron chi connectivity index (χ0n) is 12.0. The van der Waals surface area contributed by atoms with Crippen LogP contribution in [0, 0.1) is 18.3 Å². The molecule has 1 spiro atoms. The third-order valence-corrected chi connectivity index (χ3v) is 4.50. The molecule has 3 aliphatic heterocycles. The summed E-state index contributed by atoms with van der Waals surface area (Å²) in [6.07, 6.45) is 0.634. The van der Waals surface area contributed by atoms with Gasteiger partial charge in [-0.25, -0.2) is 0 Å². The van der Waals surface area contributed by atoms with Gasteiger partial charge in [-0.2, -0.15) is 5.26 Å². The number of hydrogen-bond donors (Lipinski definition) is 3. The summed E-state index contributed by atoms with van der Waals surface area (Å²) in [7, 11) is 0. The van der Waals surface area contributed by atoms with Crippen molar-refractivity contribution in [1.82, 2.24) is 5.32 Å². The number of carbonyl (C=O) groups is 1. The van der Waals surface area contributed by atoms with E-state index in [1.165, 1.54) is 0 Å². The molecule has 1 aromatic carbocycles. The molecule has 0 fully saturated rings. The Kier molecular flexibility index (Phi) is 2.35. The zero-order valence-corrected chi connectivity index (χ0v) is 12.0. The van der Waals surface area contributed by atoms with E-state index in [1.807, 2.05) is 25.1 Å². The summed E-state index contributed by atoms with van der Waals surface area (Å²) < 4.78 is 5.52. The van der Waals surface area contributed by atoms with Crippen molar-refractivity contribution in [2.24, 2.45) is 5.73 Å². The van der Waals surface area contributed by atoms with Gasteiger partial charge >= 0.3 is 0 Å². The molecule has 1 aromatic rings. The van der Waals surface area contributed by atoms with E-state index >= 15 is 0 Å². The summed E-state index contributed by atoms with van der Waals surface area (Å²) in [5, 5.41) is 15.6. The molecule has 4 N–H and O–H groups in total. The van der Waals surface area contributed by atoms with Gasteiger partial charge in [-0.1, -0.05) is 17.7 Å². The van der Waals surface area contributed by atoms with Crippen LogP contribution in [0.4, 0.5) is 5.69 Å². The molecule has 110 valence electrons. The minimum absolute atomic E-state index is 0.0137. The fourth-order valence-corrected chi connectivity index (χ4v) is 3.58. The van der Waals surface area contributed by atoms with E-state index in [2.05, 4.69) is 16.7 Å². The molecule has 0 radical (unpaired) electrons. The third kappa shape index (κ3) is 1.31. The van der Waals surface area contributed by atoms with Gasteiger partial charge in [0.05, 0.1) is 0 Å². The lowest BCUT2D eigenvalue weighted by atomic mass is 9.68. The second-order valence-electron chi connectivity index (χ2n) is 5.69. The zero-order chi connectivity index (χ0) is 15.5. The average Bonchev–Trinajstić information content (AvgIpc) is 3.04. The first-order valence-corrected chi connectivity index (χ1v) is 7.07. The third-order valence-electron chi connectivity index (χ3n) is 4.50. The smallest absolute Gasteiger partial charge is 0.244 e. The molecule has 1 unspecified atom stereocenters. The number of rotatable bonds is 0. The lowest BCUT2D eigenvalue weighted by Gasteiger charge is -2.33. The molecule has 0 aliphatic carbocycles. The van der Waals surface area contributed by atoms with Crippen LogP contribution in [-0.4, -0.2) is 12.5 Å². The van der Waals surface area contributed by atoms with Gasteiger partial charge in [-0.05, 0) is 19.4 Å². The maximum atomic E-state index is 12.9. The first-order valence-electron chi connectivity index (χ1n) is 7.07. The van der Waals surface area contributed by atoms with Crippen LogP contribution in [0.25, 0.3) is 0 Å². The second kappa shape index (κ2) is 4.04. The van der Waals surface area contributed by atoms with Crippen LogP contribution in [0.5, 0.6) is 0 Å². The topological polar surface area (TPSA) is 100 Å². The highest BCUT2D eigenvalue weighted by Gasteiger charge is 2.58. The van der Waals surface area contributed by atoms with Gasteiger partial charge in [0.1, 0.15) is 17.1 Å². The highest BCUT2D eigenvalue weighted by atomic mass is 16.5. The van der Waals surface area contributed by atoms with E-state index in [4.69, 9.17) is 10.5 Å². The van der Waals surface area contributed by atoms with Gasteiger partial charge in [0.15, 0.2) is 5.88 Å². The average molecular weight is 294 g/mol. The van der Waals surface area contributed by atoms with Gasteiger partial charge in [-0.3, -0.25) is 4.79 Å². The first-order chi connectivity index (χ1) is 10.6. The summed E-state index contributed by atoms with van der Waals surface area (Å²) in [5.41, 5.74) is 8.22. The molecule has 3 heterocycles. The van der Waals surface area contributed by atoms with Crippen LogP contribution in [0.1, 0.15) is 17.5 Å². The second-order valence-corrected chi connectivity index (χ2v) is 5.69. The first kappa shape index (κ1) is 12.8. The summed E-state index contributed by atoms with van der Waals surface area (Å²) in [6, 6.07) is 7.82. The van der Waals surface area contributed by atoms with Gasteiger partial charge in [0.2, 0.25) is 11.8 Å². The van der Waals surface area contributed by atoms with Crippen LogP contribution in [0.2, 0.25) is 0 Å². The maximum Gasteiger partial charge on any atom is 0.244 e. The minimum Gasteiger partial charge on any atom is -0.425 e. The Hall–Kier alpha value is -2.94. The number of hydrogen-bond acceptors (Lipinski definition) is 5. The Morgan fingerprint density at radius 1 is 1.45 bits per heavy atom. The minimum atomic E-state index is -1.17. The van der Waals surface area contributed by atoms with Crippen molar-refractivity contribution in [3.05, 3.63) is 52.2 Å². The fourth-order valence-electron chi connectivity index (χ4n) is 3.58. The maximum absolute atomic E-state index is 12.9. The SMILES string of the molecule is Cc1ccc2c(c1)C1(C(=O)N2)C(C#N)=C(N)OC2=C1CCN2. The Morgan fingerprint density at radius 2 is 2.27 bits per heavy atom. The fraction of sp³-hybridized carbons (Fsp3) is 0.250. The predicted octanol–water partition coefficient (Wildman–Crippen LogP) is 1.11. The molecule has 6 nitrogen and oxygen atoms in total. The van der Waals surface area contributed by atoms with Crippen molar-refractivity contribution >= 4 is 11.6 Å². The van der Waals surface area contributed by atoms with Crippen molar-refractivity contribution in [3.8, 4) is 6.07 Å². The summed E-state index contributed by atoms with van der Waals surface area (Å²) in [5.74, 6) is 0.244. The Labute approximate surface area is 127 Å². The molecule has 4 rings (SSSR count). The molecule has 6 heteroatoms. The summed E-state index contributed by atoms with van der Waals surface area (Å²) in [6.45, 7) is 2.62. The molecule has 0 bridgehead atoms. The van der Waals surface area contributed by atoms with Crippen molar-refractivity contribution in [2.75, 3.05) is 11.9 Å². The predicted molar refractivity (Wildman–Crippen MR) is 79.0 cm³/mol. The van der Waals surface area contributed by atoms with E-state index < -0.39 is 5.41 Å². The number of fused-ring (bicyclic) bond motifs is 3. The summed E-state index contributed by atoms with van der Waals surface area (Å²) in [4.78, 5) is 12.9. The Morgan fingerprint density at radius 3 is 3.05 bits per heavy atom. The standard InChI is InChI=1S/C16H14N4O2/c1-8-2-3-12-10(6-8)16(15(21)20-12)9-4-5-19-14(9)22-13(18)11(16)7-17/h2-3,6,19H,4-5,18H2,1H3,(H,20,21). The number of nitrogens with two attached hydrogens (primary N) is 1. The van der Waals surface area contributed by atoms with Crippen molar-refractivity contribution < 1.29 is 9.53 Å². The molecular formula is C16H14N4O2. The van der Waals surface area contributed by atoms with Crippen LogP contribution in [0.3, 0.4) is 0 Å². The van der Waals surface area contributed by atoms with Gasteiger partial charge in [-0.15, -0.1) is 0 Å². The van der Waals surface area contributed by atoms with Crippen LogP contribution in [-0.2, 0) is 14.9 Å². The monoisotopic (exact) mass is 294 g/mol. The number of anilines is 1. The lowest BCUT2D eigenvalue weighted by molar-refractivity contribution is -0.118. The Bertz CT molecular complexity index is 831. The molecular weight excluding hydrogens is 280 g/mol. The molecule has 0 saturated heterocycles. The number of nitrogens with zero attached hydrogens (tertiary/aromatic N) is 1. The molecule has 0 saturated carbocycles. The Balaban J connectivity index is 2.10. The van der Waals surface area contributed by atoms with Gasteiger partial charge < -0.3 is 21.1 Å². The highest BCUT2D eigenvalue weighted by Crippen LogP contribution is 2.53. The van der Waals surface area contributed by atoms with E-state index in [1.54, 1.807) is 0 Å². The highest BCUT2D eigenvalue weighted by molar-refractivity contribution is 6.12. The molecule has 3 aliphatic rings. The number of carbonyl (C=O) groups excluding carboxylic acids is 1. The van der Waals surface area contributed by atoms with Crippen molar-refractivity contribution in [2.45, 2.75) is 18.8 Å². The molecule has 0 aromatic heterocycles. The molecule has 1 atom stereocenters. The van der Waals surface area contributed by atoms with E-state index in [9.17, 15) is 10.1 Å². The quantitative estimate of drug-likeness (QED) is 0.665.